The molecule has 0 aliphatic carbocycles. The minimum atomic E-state index is 0.517. The monoisotopic (exact) mass is 235 g/mol. The molecule has 2 heterocycles. The molecule has 0 aliphatic heterocycles. The molecular weight excluding hydrogens is 218 g/mol. The van der Waals surface area contributed by atoms with Crippen LogP contribution in [0.5, 0.6) is 0 Å². The van der Waals surface area contributed by atoms with Crippen LogP contribution in [0.2, 0.25) is 0 Å². The SMILES string of the molecule is CCC(C)NCCn1nnc(-c2ccco2)n1. The molecule has 0 amide bonds. The van der Waals surface area contributed by atoms with Gasteiger partial charge in [-0.2, -0.15) is 4.80 Å². The Labute approximate surface area is 100 Å². The second-order valence-corrected chi connectivity index (χ2v) is 3.95. The van der Waals surface area contributed by atoms with Gasteiger partial charge >= 0.3 is 0 Å². The highest BCUT2D eigenvalue weighted by molar-refractivity contribution is 5.43. The van der Waals surface area contributed by atoms with Gasteiger partial charge in [0.2, 0.25) is 5.82 Å². The first-order valence-electron chi connectivity index (χ1n) is 5.84. The van der Waals surface area contributed by atoms with Crippen LogP contribution in [0.15, 0.2) is 22.8 Å². The molecule has 1 atom stereocenters. The van der Waals surface area contributed by atoms with E-state index in [-0.39, 0.29) is 0 Å². The number of furan rings is 1. The van der Waals surface area contributed by atoms with Crippen molar-refractivity contribution in [2.45, 2.75) is 32.9 Å². The fourth-order valence-electron chi connectivity index (χ4n) is 1.40. The van der Waals surface area contributed by atoms with Gasteiger partial charge in [0.1, 0.15) is 0 Å². The average Bonchev–Trinajstić information content (AvgIpc) is 2.98. The highest BCUT2D eigenvalue weighted by Crippen LogP contribution is 2.12. The second-order valence-electron chi connectivity index (χ2n) is 3.95. The summed E-state index contributed by atoms with van der Waals surface area (Å²) in [4.78, 5) is 1.58. The van der Waals surface area contributed by atoms with E-state index in [1.165, 1.54) is 0 Å². The van der Waals surface area contributed by atoms with Crippen molar-refractivity contribution in [2.24, 2.45) is 0 Å². The Morgan fingerprint density at radius 3 is 3.12 bits per heavy atom. The number of nitrogens with zero attached hydrogens (tertiary/aromatic N) is 4. The Morgan fingerprint density at radius 1 is 1.53 bits per heavy atom. The number of rotatable bonds is 6. The van der Waals surface area contributed by atoms with Gasteiger partial charge in [0.25, 0.3) is 0 Å². The molecule has 0 aliphatic rings. The first-order chi connectivity index (χ1) is 8.29. The van der Waals surface area contributed by atoms with Gasteiger partial charge in [-0.3, -0.25) is 0 Å². The maximum absolute atomic E-state index is 5.20. The zero-order chi connectivity index (χ0) is 12.1. The van der Waals surface area contributed by atoms with E-state index in [2.05, 4.69) is 34.6 Å². The zero-order valence-corrected chi connectivity index (χ0v) is 10.1. The molecule has 1 unspecified atom stereocenters. The van der Waals surface area contributed by atoms with Gasteiger partial charge < -0.3 is 9.73 Å². The molecule has 17 heavy (non-hydrogen) atoms. The van der Waals surface area contributed by atoms with Crippen molar-refractivity contribution >= 4 is 0 Å². The van der Waals surface area contributed by atoms with Crippen molar-refractivity contribution in [3.05, 3.63) is 18.4 Å². The first-order valence-corrected chi connectivity index (χ1v) is 5.84. The minimum absolute atomic E-state index is 0.517. The average molecular weight is 235 g/mol. The number of aromatic nitrogens is 4. The van der Waals surface area contributed by atoms with Crippen LogP contribution in [-0.4, -0.2) is 32.8 Å². The van der Waals surface area contributed by atoms with E-state index in [4.69, 9.17) is 4.42 Å². The molecule has 6 nitrogen and oxygen atoms in total. The maximum Gasteiger partial charge on any atom is 0.240 e. The van der Waals surface area contributed by atoms with Gasteiger partial charge in [-0.25, -0.2) is 0 Å². The molecule has 0 spiro atoms. The van der Waals surface area contributed by atoms with Crippen molar-refractivity contribution in [2.75, 3.05) is 6.54 Å². The third-order valence-corrected chi connectivity index (χ3v) is 2.61. The molecule has 0 bridgehead atoms. The van der Waals surface area contributed by atoms with Crippen molar-refractivity contribution in [3.8, 4) is 11.6 Å². The third kappa shape index (κ3) is 3.13. The molecule has 0 fully saturated rings. The fraction of sp³-hybridized carbons (Fsp3) is 0.545. The number of hydrogen-bond acceptors (Lipinski definition) is 5. The van der Waals surface area contributed by atoms with Crippen molar-refractivity contribution in [1.29, 1.82) is 0 Å². The molecule has 0 aromatic carbocycles. The van der Waals surface area contributed by atoms with Gasteiger partial charge in [0, 0.05) is 12.6 Å². The zero-order valence-electron chi connectivity index (χ0n) is 10.1. The molecule has 0 radical (unpaired) electrons. The highest BCUT2D eigenvalue weighted by atomic mass is 16.3. The molecule has 0 saturated heterocycles. The fourth-order valence-corrected chi connectivity index (χ4v) is 1.40. The van der Waals surface area contributed by atoms with Crippen LogP contribution in [0.3, 0.4) is 0 Å². The van der Waals surface area contributed by atoms with Crippen LogP contribution in [-0.2, 0) is 6.54 Å². The Balaban J connectivity index is 1.87. The van der Waals surface area contributed by atoms with E-state index in [1.807, 2.05) is 6.07 Å². The maximum atomic E-state index is 5.20. The summed E-state index contributed by atoms with van der Waals surface area (Å²) in [5, 5.41) is 15.5. The largest absolute Gasteiger partial charge is 0.461 e. The summed E-state index contributed by atoms with van der Waals surface area (Å²) in [6.07, 6.45) is 2.71. The summed E-state index contributed by atoms with van der Waals surface area (Å²) in [6, 6.07) is 4.14. The van der Waals surface area contributed by atoms with E-state index in [0.29, 0.717) is 24.2 Å². The molecular formula is C11H17N5O. The van der Waals surface area contributed by atoms with Crippen LogP contribution in [0.4, 0.5) is 0 Å². The lowest BCUT2D eigenvalue weighted by Gasteiger charge is -2.09. The summed E-state index contributed by atoms with van der Waals surface area (Å²) in [5.74, 6) is 1.17. The van der Waals surface area contributed by atoms with E-state index in [0.717, 1.165) is 13.0 Å². The molecule has 1 N–H and O–H groups in total. The normalized spacial score (nSPS) is 12.8. The van der Waals surface area contributed by atoms with Crippen LogP contribution in [0.25, 0.3) is 11.6 Å². The molecule has 6 heteroatoms. The van der Waals surface area contributed by atoms with Gasteiger partial charge in [-0.15, -0.1) is 10.2 Å². The van der Waals surface area contributed by atoms with E-state index >= 15 is 0 Å². The molecule has 2 aromatic heterocycles. The van der Waals surface area contributed by atoms with E-state index in [9.17, 15) is 0 Å². The summed E-state index contributed by atoms with van der Waals surface area (Å²) in [7, 11) is 0. The van der Waals surface area contributed by atoms with Crippen LogP contribution >= 0.6 is 0 Å². The lowest BCUT2D eigenvalue weighted by atomic mass is 10.3. The van der Waals surface area contributed by atoms with Crippen LogP contribution in [0.1, 0.15) is 20.3 Å². The standard InChI is InChI=1S/C11H17N5O/c1-3-9(2)12-6-7-16-14-11(13-15-16)10-5-4-8-17-10/h4-5,8-9,12H,3,6-7H2,1-2H3. The Morgan fingerprint density at radius 2 is 2.41 bits per heavy atom. The van der Waals surface area contributed by atoms with Crippen molar-refractivity contribution < 1.29 is 4.42 Å². The predicted molar refractivity (Wildman–Crippen MR) is 63.3 cm³/mol. The molecule has 2 rings (SSSR count). The van der Waals surface area contributed by atoms with Crippen molar-refractivity contribution in [1.82, 2.24) is 25.5 Å². The van der Waals surface area contributed by atoms with Crippen LogP contribution in [0, 0.1) is 0 Å². The van der Waals surface area contributed by atoms with E-state index < -0.39 is 0 Å². The second kappa shape index (κ2) is 5.58. The van der Waals surface area contributed by atoms with Crippen molar-refractivity contribution in [3.63, 3.8) is 0 Å². The summed E-state index contributed by atoms with van der Waals surface area (Å²) in [5.41, 5.74) is 0. The van der Waals surface area contributed by atoms with Gasteiger partial charge in [0.05, 0.1) is 12.8 Å². The molecule has 0 saturated carbocycles. The lowest BCUT2D eigenvalue weighted by molar-refractivity contribution is 0.453. The number of hydrogen-bond donors (Lipinski definition) is 1. The van der Waals surface area contributed by atoms with Gasteiger partial charge in [-0.1, -0.05) is 6.92 Å². The molecule has 2 aromatic rings. The van der Waals surface area contributed by atoms with Gasteiger partial charge in [-0.05, 0) is 30.7 Å². The summed E-state index contributed by atoms with van der Waals surface area (Å²) < 4.78 is 5.20. The first kappa shape index (κ1) is 11.8. The van der Waals surface area contributed by atoms with Crippen LogP contribution < -0.4 is 5.32 Å². The Bertz CT molecular complexity index is 436. The highest BCUT2D eigenvalue weighted by Gasteiger charge is 2.07. The Hall–Kier alpha value is -1.69. The smallest absolute Gasteiger partial charge is 0.240 e. The minimum Gasteiger partial charge on any atom is -0.461 e. The van der Waals surface area contributed by atoms with Gasteiger partial charge in [0.15, 0.2) is 5.76 Å². The number of nitrogens with one attached hydrogen (secondary N) is 1. The lowest BCUT2D eigenvalue weighted by Crippen LogP contribution is -2.29. The third-order valence-electron chi connectivity index (χ3n) is 2.61. The topological polar surface area (TPSA) is 68.8 Å². The quantitative estimate of drug-likeness (QED) is 0.817. The van der Waals surface area contributed by atoms with E-state index in [1.54, 1.807) is 17.1 Å². The summed E-state index contributed by atoms with van der Waals surface area (Å²) >= 11 is 0. The molecule has 92 valence electrons. The number of tetrazole rings is 1. The Kier molecular flexibility index (Phi) is 3.87. The predicted octanol–water partition coefficient (Wildman–Crippen LogP) is 1.32. The summed E-state index contributed by atoms with van der Waals surface area (Å²) in [6.45, 7) is 5.85.